The van der Waals surface area contributed by atoms with Gasteiger partial charge >= 0.3 is 11.7 Å². The first-order valence-corrected chi connectivity index (χ1v) is 6.49. The number of carbonyl (C=O) groups excluding carboxylic acids is 1. The van der Waals surface area contributed by atoms with Crippen molar-refractivity contribution in [2.45, 2.75) is 19.8 Å². The van der Waals surface area contributed by atoms with Crippen LogP contribution in [0.15, 0.2) is 12.4 Å². The van der Waals surface area contributed by atoms with Crippen LogP contribution in [0.5, 0.6) is 0 Å². The zero-order chi connectivity index (χ0) is 14.5. The van der Waals surface area contributed by atoms with E-state index in [-0.39, 0.29) is 17.6 Å². The Balaban J connectivity index is 1.93. The third kappa shape index (κ3) is 3.19. The van der Waals surface area contributed by atoms with Gasteiger partial charge in [0.05, 0.1) is 17.4 Å². The third-order valence-electron chi connectivity index (χ3n) is 3.23. The number of nitrogens with zero attached hydrogens (tertiary/aromatic N) is 4. The van der Waals surface area contributed by atoms with E-state index in [0.717, 1.165) is 0 Å². The van der Waals surface area contributed by atoms with E-state index in [1.54, 1.807) is 6.92 Å². The zero-order valence-corrected chi connectivity index (χ0v) is 11.2. The van der Waals surface area contributed by atoms with Crippen LogP contribution >= 0.6 is 0 Å². The number of hydrogen-bond acceptors (Lipinski definition) is 7. The quantitative estimate of drug-likeness (QED) is 0.463. The van der Waals surface area contributed by atoms with Gasteiger partial charge in [0.25, 0.3) is 0 Å². The SMILES string of the molecule is CCOC(=O)C1CCN(c2ncc([N+](=O)[O-])cn2)CC1. The molecule has 2 heterocycles. The molecule has 8 nitrogen and oxygen atoms in total. The fourth-order valence-corrected chi connectivity index (χ4v) is 2.15. The maximum atomic E-state index is 11.6. The summed E-state index contributed by atoms with van der Waals surface area (Å²) in [5, 5.41) is 10.5. The summed E-state index contributed by atoms with van der Waals surface area (Å²) in [5.41, 5.74) is -0.129. The molecule has 0 aromatic carbocycles. The van der Waals surface area contributed by atoms with Crippen LogP contribution in [-0.4, -0.2) is 40.6 Å². The van der Waals surface area contributed by atoms with E-state index in [1.165, 1.54) is 12.4 Å². The first-order chi connectivity index (χ1) is 9.61. The molecular weight excluding hydrogens is 264 g/mol. The van der Waals surface area contributed by atoms with Crippen LogP contribution in [0, 0.1) is 16.0 Å². The van der Waals surface area contributed by atoms with E-state index < -0.39 is 4.92 Å². The molecule has 0 aliphatic carbocycles. The van der Waals surface area contributed by atoms with Crippen LogP contribution in [0.1, 0.15) is 19.8 Å². The summed E-state index contributed by atoms with van der Waals surface area (Å²) in [5.74, 6) is 0.221. The van der Waals surface area contributed by atoms with Crippen LogP contribution in [0.2, 0.25) is 0 Å². The zero-order valence-electron chi connectivity index (χ0n) is 11.2. The number of hydrogen-bond donors (Lipinski definition) is 0. The number of ether oxygens (including phenoxy) is 1. The van der Waals surface area contributed by atoms with Crippen molar-refractivity contribution in [1.29, 1.82) is 0 Å². The molecule has 1 aromatic heterocycles. The predicted molar refractivity (Wildman–Crippen MR) is 70.3 cm³/mol. The number of carbonyl (C=O) groups is 1. The first-order valence-electron chi connectivity index (χ1n) is 6.49. The Morgan fingerprint density at radius 2 is 2.05 bits per heavy atom. The van der Waals surface area contributed by atoms with Gasteiger partial charge in [0.15, 0.2) is 0 Å². The van der Waals surface area contributed by atoms with Crippen LogP contribution in [0.25, 0.3) is 0 Å². The number of anilines is 1. The predicted octanol–water partition coefficient (Wildman–Crippen LogP) is 1.16. The Labute approximate surface area is 115 Å². The molecule has 20 heavy (non-hydrogen) atoms. The fourth-order valence-electron chi connectivity index (χ4n) is 2.15. The Morgan fingerprint density at radius 3 is 2.55 bits per heavy atom. The molecule has 1 aliphatic rings. The number of nitro groups is 1. The van der Waals surface area contributed by atoms with Crippen molar-refractivity contribution in [2.75, 3.05) is 24.6 Å². The lowest BCUT2D eigenvalue weighted by molar-refractivity contribution is -0.385. The van der Waals surface area contributed by atoms with E-state index in [0.29, 0.717) is 38.5 Å². The van der Waals surface area contributed by atoms with Gasteiger partial charge in [0, 0.05) is 13.1 Å². The van der Waals surface area contributed by atoms with E-state index in [1.807, 2.05) is 4.90 Å². The fraction of sp³-hybridized carbons (Fsp3) is 0.583. The van der Waals surface area contributed by atoms with Gasteiger partial charge in [-0.15, -0.1) is 0 Å². The van der Waals surface area contributed by atoms with E-state index >= 15 is 0 Å². The molecule has 8 heteroatoms. The average Bonchev–Trinajstić information content (AvgIpc) is 2.48. The lowest BCUT2D eigenvalue weighted by Gasteiger charge is -2.30. The second kappa shape index (κ2) is 6.27. The van der Waals surface area contributed by atoms with Crippen LogP contribution in [0.3, 0.4) is 0 Å². The molecule has 1 aliphatic heterocycles. The van der Waals surface area contributed by atoms with Crippen molar-refractivity contribution >= 4 is 17.6 Å². The molecule has 0 atom stereocenters. The van der Waals surface area contributed by atoms with Gasteiger partial charge in [-0.1, -0.05) is 0 Å². The molecule has 0 spiro atoms. The molecule has 1 fully saturated rings. The van der Waals surface area contributed by atoms with Gasteiger partial charge in [-0.05, 0) is 19.8 Å². The normalized spacial score (nSPS) is 15.9. The van der Waals surface area contributed by atoms with Gasteiger partial charge in [-0.25, -0.2) is 9.97 Å². The molecule has 0 N–H and O–H groups in total. The molecular formula is C12H16N4O4. The Morgan fingerprint density at radius 1 is 1.45 bits per heavy atom. The first kappa shape index (κ1) is 14.2. The summed E-state index contributed by atoms with van der Waals surface area (Å²) >= 11 is 0. The highest BCUT2D eigenvalue weighted by atomic mass is 16.6. The third-order valence-corrected chi connectivity index (χ3v) is 3.23. The number of aromatic nitrogens is 2. The smallest absolute Gasteiger partial charge is 0.309 e. The summed E-state index contributed by atoms with van der Waals surface area (Å²) in [6.07, 6.45) is 3.75. The van der Waals surface area contributed by atoms with Crippen LogP contribution < -0.4 is 4.90 Å². The van der Waals surface area contributed by atoms with E-state index in [2.05, 4.69) is 9.97 Å². The van der Waals surface area contributed by atoms with Crippen LogP contribution in [-0.2, 0) is 9.53 Å². The highest BCUT2D eigenvalue weighted by molar-refractivity contribution is 5.72. The maximum absolute atomic E-state index is 11.6. The van der Waals surface area contributed by atoms with Crippen LogP contribution in [0.4, 0.5) is 11.6 Å². The van der Waals surface area contributed by atoms with Gasteiger partial charge in [0.1, 0.15) is 12.4 Å². The van der Waals surface area contributed by atoms with Gasteiger partial charge < -0.3 is 9.64 Å². The van der Waals surface area contributed by atoms with E-state index in [4.69, 9.17) is 4.74 Å². The second-order valence-electron chi connectivity index (χ2n) is 4.51. The molecule has 0 amide bonds. The molecule has 1 aromatic rings. The minimum Gasteiger partial charge on any atom is -0.466 e. The monoisotopic (exact) mass is 280 g/mol. The molecule has 0 radical (unpaired) electrons. The summed E-state index contributed by atoms with van der Waals surface area (Å²) in [6, 6.07) is 0. The largest absolute Gasteiger partial charge is 0.466 e. The topological polar surface area (TPSA) is 98.5 Å². The summed E-state index contributed by atoms with van der Waals surface area (Å²) in [6.45, 7) is 3.46. The van der Waals surface area contributed by atoms with Crippen molar-refractivity contribution in [3.63, 3.8) is 0 Å². The van der Waals surface area contributed by atoms with Crippen molar-refractivity contribution in [3.8, 4) is 0 Å². The van der Waals surface area contributed by atoms with Crippen molar-refractivity contribution < 1.29 is 14.5 Å². The minimum absolute atomic E-state index is 0.0794. The van der Waals surface area contributed by atoms with Gasteiger partial charge in [-0.3, -0.25) is 14.9 Å². The van der Waals surface area contributed by atoms with Gasteiger partial charge in [0.2, 0.25) is 5.95 Å². The van der Waals surface area contributed by atoms with E-state index in [9.17, 15) is 14.9 Å². The summed E-state index contributed by atoms with van der Waals surface area (Å²) in [4.78, 5) is 31.5. The van der Waals surface area contributed by atoms with Gasteiger partial charge in [-0.2, -0.15) is 0 Å². The maximum Gasteiger partial charge on any atom is 0.309 e. The molecule has 2 rings (SSSR count). The number of piperidine rings is 1. The molecule has 0 unspecified atom stereocenters. The Hall–Kier alpha value is -2.25. The highest BCUT2D eigenvalue weighted by Gasteiger charge is 2.27. The van der Waals surface area contributed by atoms with Crippen molar-refractivity contribution in [1.82, 2.24) is 9.97 Å². The molecule has 0 saturated carbocycles. The second-order valence-corrected chi connectivity index (χ2v) is 4.51. The molecule has 0 bridgehead atoms. The highest BCUT2D eigenvalue weighted by Crippen LogP contribution is 2.22. The Bertz CT molecular complexity index is 483. The molecule has 108 valence electrons. The Kier molecular flexibility index (Phi) is 4.44. The average molecular weight is 280 g/mol. The van der Waals surface area contributed by atoms with Crippen molar-refractivity contribution in [2.24, 2.45) is 5.92 Å². The summed E-state index contributed by atoms with van der Waals surface area (Å²) < 4.78 is 5.00. The standard InChI is InChI=1S/C12H16N4O4/c1-2-20-11(17)9-3-5-15(6-4-9)12-13-7-10(8-14-12)16(18)19/h7-9H,2-6H2,1H3. The van der Waals surface area contributed by atoms with Crippen molar-refractivity contribution in [3.05, 3.63) is 22.5 Å². The molecule has 1 saturated heterocycles. The number of esters is 1. The lowest BCUT2D eigenvalue weighted by Crippen LogP contribution is -2.37. The minimum atomic E-state index is -0.531. The summed E-state index contributed by atoms with van der Waals surface area (Å²) in [7, 11) is 0. The number of rotatable bonds is 4. The lowest BCUT2D eigenvalue weighted by atomic mass is 9.97.